The number of ether oxygens (including phenoxy) is 2. The highest BCUT2D eigenvalue weighted by Gasteiger charge is 2.54. The van der Waals surface area contributed by atoms with E-state index in [2.05, 4.69) is 35.9 Å². The Balaban J connectivity index is 1.33. The van der Waals surface area contributed by atoms with E-state index in [0.29, 0.717) is 49.7 Å². The largest absolute Gasteiger partial charge is 0.573 e. The van der Waals surface area contributed by atoms with Crippen LogP contribution in [-0.2, 0) is 9.53 Å². The molecule has 1 aliphatic carbocycles. The number of rotatable bonds is 7. The summed E-state index contributed by atoms with van der Waals surface area (Å²) in [5.41, 5.74) is 5.11. The molecule has 3 heterocycles. The third-order valence-electron chi connectivity index (χ3n) is 6.15. The molecule has 1 atom stereocenters. The summed E-state index contributed by atoms with van der Waals surface area (Å²) >= 11 is 1.06. The fourth-order valence-corrected chi connectivity index (χ4v) is 4.83. The van der Waals surface area contributed by atoms with E-state index < -0.39 is 35.8 Å². The number of anilines is 2. The molecule has 1 saturated heterocycles. The molecule has 1 aromatic heterocycles. The van der Waals surface area contributed by atoms with Crippen LogP contribution in [0.1, 0.15) is 28.2 Å². The average molecular weight is 553 g/mol. The number of morpholine rings is 1. The van der Waals surface area contributed by atoms with Crippen molar-refractivity contribution in [1.29, 1.82) is 0 Å². The van der Waals surface area contributed by atoms with Crippen molar-refractivity contribution in [3.8, 4) is 5.75 Å². The van der Waals surface area contributed by atoms with Crippen LogP contribution in [-0.4, -0.2) is 77.6 Å². The van der Waals surface area contributed by atoms with Crippen LogP contribution < -0.4 is 26.4 Å². The van der Waals surface area contributed by atoms with Crippen molar-refractivity contribution in [2.45, 2.75) is 31.0 Å². The Morgan fingerprint density at radius 2 is 1.97 bits per heavy atom. The number of aromatic nitrogens is 2. The molecule has 1 aromatic carbocycles. The third-order valence-corrected chi connectivity index (χ3v) is 7.04. The van der Waals surface area contributed by atoms with Crippen molar-refractivity contribution < 1.29 is 32.2 Å². The van der Waals surface area contributed by atoms with Crippen LogP contribution in [0.15, 0.2) is 29.4 Å². The standard InChI is InChI=1S/C22H23F3N8O4S/c23-22(24,25)37-15-2-1-12(9-14(15)29-18(35)21(3-4-21)33-5-7-36-8-6-33)16(34)30-20-32-31-17(38-20)13-10-27-19(26)28-11-13/h1-2,9-11,19,27H,3-8,26H2,(H,29,35)(H,30,32,34). The van der Waals surface area contributed by atoms with Gasteiger partial charge in [0.15, 0.2) is 17.0 Å². The van der Waals surface area contributed by atoms with E-state index in [9.17, 15) is 22.8 Å². The molecule has 0 spiro atoms. The maximum Gasteiger partial charge on any atom is 0.573 e. The number of allylic oxidation sites excluding steroid dienone is 1. The van der Waals surface area contributed by atoms with E-state index in [1.165, 1.54) is 6.21 Å². The van der Waals surface area contributed by atoms with Crippen LogP contribution in [0.5, 0.6) is 5.75 Å². The van der Waals surface area contributed by atoms with Gasteiger partial charge in [-0.15, -0.1) is 23.4 Å². The van der Waals surface area contributed by atoms with Crippen LogP contribution in [0, 0.1) is 0 Å². The molecule has 1 saturated carbocycles. The number of carbonyl (C=O) groups is 2. The fraction of sp³-hybridized carbons (Fsp3) is 0.409. The minimum Gasteiger partial charge on any atom is -0.404 e. The first-order valence-electron chi connectivity index (χ1n) is 11.6. The molecular formula is C22H23F3N8O4S. The van der Waals surface area contributed by atoms with E-state index in [1.807, 2.05) is 4.90 Å². The van der Waals surface area contributed by atoms with Gasteiger partial charge >= 0.3 is 6.36 Å². The predicted octanol–water partition coefficient (Wildman–Crippen LogP) is 1.75. The van der Waals surface area contributed by atoms with E-state index in [4.69, 9.17) is 10.5 Å². The lowest BCUT2D eigenvalue weighted by Crippen LogP contribution is -2.51. The molecular weight excluding hydrogens is 529 g/mol. The molecule has 38 heavy (non-hydrogen) atoms. The summed E-state index contributed by atoms with van der Waals surface area (Å²) in [5, 5.41) is 16.5. The van der Waals surface area contributed by atoms with E-state index in [1.54, 1.807) is 6.20 Å². The highest BCUT2D eigenvalue weighted by Crippen LogP contribution is 2.44. The van der Waals surface area contributed by atoms with E-state index >= 15 is 0 Å². The molecule has 16 heteroatoms. The summed E-state index contributed by atoms with van der Waals surface area (Å²) in [6.07, 6.45) is -1.29. The number of hydrogen-bond acceptors (Lipinski definition) is 11. The van der Waals surface area contributed by atoms with Gasteiger partial charge in [-0.2, -0.15) is 0 Å². The summed E-state index contributed by atoms with van der Waals surface area (Å²) < 4.78 is 48.6. The van der Waals surface area contributed by atoms with Crippen molar-refractivity contribution >= 4 is 45.8 Å². The number of aliphatic imine (C=N–C) groups is 1. The Hall–Kier alpha value is -3.60. The number of alkyl halides is 3. The third kappa shape index (κ3) is 5.77. The van der Waals surface area contributed by atoms with E-state index in [-0.39, 0.29) is 16.4 Å². The molecule has 3 aliphatic rings. The Morgan fingerprint density at radius 1 is 1.21 bits per heavy atom. The lowest BCUT2D eigenvalue weighted by atomic mass is 10.1. The van der Waals surface area contributed by atoms with Gasteiger partial charge in [-0.3, -0.25) is 30.5 Å². The molecule has 202 valence electrons. The summed E-state index contributed by atoms with van der Waals surface area (Å²) in [6, 6.07) is 3.27. The van der Waals surface area contributed by atoms with Crippen molar-refractivity contribution in [3.63, 3.8) is 0 Å². The Kier molecular flexibility index (Phi) is 7.04. The number of halogens is 3. The maximum atomic E-state index is 13.2. The number of nitrogens with zero attached hydrogens (tertiary/aromatic N) is 4. The van der Waals surface area contributed by atoms with Gasteiger partial charge in [-0.05, 0) is 31.0 Å². The smallest absolute Gasteiger partial charge is 0.404 e. The molecule has 2 amide bonds. The Bertz CT molecular complexity index is 1290. The number of amides is 2. The van der Waals surface area contributed by atoms with Gasteiger partial charge in [0.05, 0.1) is 18.9 Å². The van der Waals surface area contributed by atoms with Crippen LogP contribution >= 0.6 is 11.3 Å². The molecule has 5 rings (SSSR count). The maximum absolute atomic E-state index is 13.2. The topological polar surface area (TPSA) is 156 Å². The van der Waals surface area contributed by atoms with Gasteiger partial charge in [-0.1, -0.05) is 11.3 Å². The van der Waals surface area contributed by atoms with Gasteiger partial charge in [0.2, 0.25) is 11.0 Å². The zero-order chi connectivity index (χ0) is 26.9. The van der Waals surface area contributed by atoms with Crippen LogP contribution in [0.3, 0.4) is 0 Å². The summed E-state index contributed by atoms with van der Waals surface area (Å²) in [4.78, 5) is 32.1. The minimum absolute atomic E-state index is 0.0196. The molecule has 2 fully saturated rings. The SMILES string of the molecule is NC1N=CC(c2nnc(NC(=O)c3ccc(OC(F)(F)F)c(NC(=O)C4(N5CCOCC5)CC4)c3)s2)=CN1. The average Bonchev–Trinajstić information content (AvgIpc) is 3.58. The van der Waals surface area contributed by atoms with Crippen molar-refractivity contribution in [1.82, 2.24) is 20.4 Å². The second-order valence-corrected chi connectivity index (χ2v) is 9.68. The van der Waals surface area contributed by atoms with Crippen LogP contribution in [0.2, 0.25) is 0 Å². The van der Waals surface area contributed by atoms with E-state index in [0.717, 1.165) is 29.5 Å². The second kappa shape index (κ2) is 10.3. The minimum atomic E-state index is -5.00. The van der Waals surface area contributed by atoms with Crippen molar-refractivity contribution in [3.05, 3.63) is 35.0 Å². The Labute approximate surface area is 218 Å². The first kappa shape index (κ1) is 26.0. The normalized spacial score (nSPS) is 20.7. The molecule has 0 radical (unpaired) electrons. The summed E-state index contributed by atoms with van der Waals surface area (Å²) in [6.45, 7) is 2.01. The quantitative estimate of drug-likeness (QED) is 0.402. The van der Waals surface area contributed by atoms with Crippen molar-refractivity contribution in [2.75, 3.05) is 36.9 Å². The van der Waals surface area contributed by atoms with Gasteiger partial charge in [-0.25, -0.2) is 0 Å². The molecule has 5 N–H and O–H groups in total. The van der Waals surface area contributed by atoms with Gasteiger partial charge in [0, 0.05) is 36.6 Å². The molecule has 2 aromatic rings. The highest BCUT2D eigenvalue weighted by atomic mass is 32.1. The van der Waals surface area contributed by atoms with Crippen LogP contribution in [0.25, 0.3) is 5.57 Å². The zero-order valence-corrected chi connectivity index (χ0v) is 20.6. The number of nitrogens with one attached hydrogen (secondary N) is 3. The fourth-order valence-electron chi connectivity index (χ4n) is 4.11. The summed E-state index contributed by atoms with van der Waals surface area (Å²) in [5.74, 6) is -1.76. The van der Waals surface area contributed by atoms with Gasteiger partial charge in [0.1, 0.15) is 5.54 Å². The molecule has 12 nitrogen and oxygen atoms in total. The zero-order valence-electron chi connectivity index (χ0n) is 19.7. The van der Waals surface area contributed by atoms with Gasteiger partial charge < -0.3 is 20.1 Å². The lowest BCUT2D eigenvalue weighted by molar-refractivity contribution is -0.274. The van der Waals surface area contributed by atoms with Crippen LogP contribution in [0.4, 0.5) is 24.0 Å². The predicted molar refractivity (Wildman–Crippen MR) is 132 cm³/mol. The molecule has 1 unspecified atom stereocenters. The van der Waals surface area contributed by atoms with Crippen molar-refractivity contribution in [2.24, 2.45) is 10.7 Å². The second-order valence-electron chi connectivity index (χ2n) is 8.70. The Morgan fingerprint density at radius 3 is 2.63 bits per heavy atom. The van der Waals surface area contributed by atoms with Gasteiger partial charge in [0.25, 0.3) is 5.91 Å². The first-order valence-corrected chi connectivity index (χ1v) is 12.4. The molecule has 0 bridgehead atoms. The highest BCUT2D eigenvalue weighted by molar-refractivity contribution is 7.16. The number of hydrogen-bond donors (Lipinski definition) is 4. The lowest BCUT2D eigenvalue weighted by Gasteiger charge is -2.34. The number of carbonyl (C=O) groups excluding carboxylic acids is 2. The first-order chi connectivity index (χ1) is 18.1. The monoisotopic (exact) mass is 552 g/mol. The summed E-state index contributed by atoms with van der Waals surface area (Å²) in [7, 11) is 0. The number of benzene rings is 1. The number of nitrogens with two attached hydrogens (primary N) is 1. The molecule has 2 aliphatic heterocycles.